The molecule has 0 spiro atoms. The number of aliphatic hydroxyl groups excluding tert-OH is 1. The highest BCUT2D eigenvalue weighted by Crippen LogP contribution is 2.28. The molecule has 0 aromatic carbocycles. The predicted octanol–water partition coefficient (Wildman–Crippen LogP) is 1.54. The van der Waals surface area contributed by atoms with Crippen LogP contribution in [0.15, 0.2) is 23.8 Å². The van der Waals surface area contributed by atoms with Crippen LogP contribution in [0.5, 0.6) is 0 Å². The fourth-order valence-electron chi connectivity index (χ4n) is 2.38. The molecule has 0 aliphatic heterocycles. The van der Waals surface area contributed by atoms with Gasteiger partial charge in [0.25, 0.3) is 5.91 Å². The van der Waals surface area contributed by atoms with Gasteiger partial charge in [-0.25, -0.2) is 4.98 Å². The van der Waals surface area contributed by atoms with Gasteiger partial charge in [-0.05, 0) is 31.4 Å². The lowest BCUT2D eigenvalue weighted by Crippen LogP contribution is -2.42. The number of pyridine rings is 1. The third-order valence-corrected chi connectivity index (χ3v) is 4.35. The Balaban J connectivity index is 1.69. The normalized spacial score (nSPS) is 14.4. The second kappa shape index (κ2) is 6.80. The van der Waals surface area contributed by atoms with Gasteiger partial charge in [-0.1, -0.05) is 11.3 Å². The number of hydrogen-bond acceptors (Lipinski definition) is 7. The maximum atomic E-state index is 12.1. The number of aromatic nitrogens is 3. The topological polar surface area (TPSA) is 91.2 Å². The number of rotatable bonds is 6. The molecule has 1 aliphatic rings. The lowest BCUT2D eigenvalue weighted by Gasteiger charge is -2.38. The summed E-state index contributed by atoms with van der Waals surface area (Å²) in [5, 5.41) is 19.8. The van der Waals surface area contributed by atoms with Crippen LogP contribution in [0, 0.1) is 0 Å². The molecule has 1 fully saturated rings. The first kappa shape index (κ1) is 14.9. The molecule has 7 nitrogen and oxygen atoms in total. The average Bonchev–Trinajstić information content (AvgIpc) is 2.98. The van der Waals surface area contributed by atoms with Crippen molar-refractivity contribution in [3.05, 3.63) is 29.4 Å². The lowest BCUT2D eigenvalue weighted by atomic mass is 9.91. The molecule has 2 aromatic heterocycles. The van der Waals surface area contributed by atoms with Crippen molar-refractivity contribution >= 4 is 28.2 Å². The van der Waals surface area contributed by atoms with E-state index in [1.165, 1.54) is 17.8 Å². The van der Waals surface area contributed by atoms with Crippen molar-refractivity contribution < 1.29 is 9.90 Å². The molecule has 8 heteroatoms. The third-order valence-electron chi connectivity index (χ3n) is 3.74. The highest BCUT2D eigenvalue weighted by Gasteiger charge is 2.25. The Morgan fingerprint density at radius 1 is 1.45 bits per heavy atom. The monoisotopic (exact) mass is 319 g/mol. The number of nitrogens with zero attached hydrogens (tertiary/aromatic N) is 4. The van der Waals surface area contributed by atoms with Gasteiger partial charge in [-0.2, -0.15) is 0 Å². The Hall–Kier alpha value is -2.06. The zero-order chi connectivity index (χ0) is 15.4. The first-order chi connectivity index (χ1) is 10.8. The Morgan fingerprint density at radius 2 is 2.32 bits per heavy atom. The van der Waals surface area contributed by atoms with E-state index in [4.69, 9.17) is 0 Å². The summed E-state index contributed by atoms with van der Waals surface area (Å²) in [5.41, 5.74) is 2.03. The summed E-state index contributed by atoms with van der Waals surface area (Å²) < 4.78 is 0. The van der Waals surface area contributed by atoms with Gasteiger partial charge in [0.05, 0.1) is 12.2 Å². The van der Waals surface area contributed by atoms with E-state index < -0.39 is 0 Å². The van der Waals surface area contributed by atoms with E-state index in [0.29, 0.717) is 23.3 Å². The van der Waals surface area contributed by atoms with Crippen LogP contribution in [0.4, 0.5) is 10.9 Å². The Labute approximate surface area is 132 Å². The van der Waals surface area contributed by atoms with Crippen molar-refractivity contribution in [2.24, 2.45) is 0 Å². The van der Waals surface area contributed by atoms with Crippen molar-refractivity contribution in [1.82, 2.24) is 15.2 Å². The van der Waals surface area contributed by atoms with Crippen molar-refractivity contribution in [3.63, 3.8) is 0 Å². The zero-order valence-corrected chi connectivity index (χ0v) is 12.8. The third kappa shape index (κ3) is 3.23. The molecule has 2 aromatic rings. The largest absolute Gasteiger partial charge is 0.395 e. The molecule has 116 valence electrons. The van der Waals surface area contributed by atoms with Crippen molar-refractivity contribution in [1.29, 1.82) is 0 Å². The zero-order valence-electron chi connectivity index (χ0n) is 12.0. The molecule has 3 rings (SSSR count). The molecule has 1 amide bonds. The summed E-state index contributed by atoms with van der Waals surface area (Å²) >= 11 is 1.26. The van der Waals surface area contributed by atoms with Crippen LogP contribution in [-0.2, 0) is 0 Å². The summed E-state index contributed by atoms with van der Waals surface area (Å²) in [6.45, 7) is 0.658. The maximum absolute atomic E-state index is 12.1. The van der Waals surface area contributed by atoms with Crippen LogP contribution in [0.25, 0.3) is 0 Å². The number of carbonyl (C=O) groups excluding carboxylic acids is 1. The van der Waals surface area contributed by atoms with Gasteiger partial charge in [-0.3, -0.25) is 10.1 Å². The van der Waals surface area contributed by atoms with Crippen LogP contribution in [0.1, 0.15) is 29.6 Å². The fourth-order valence-corrected chi connectivity index (χ4v) is 2.82. The highest BCUT2D eigenvalue weighted by molar-refractivity contribution is 7.13. The molecule has 0 bridgehead atoms. The van der Waals surface area contributed by atoms with E-state index in [1.54, 1.807) is 17.8 Å². The molecule has 0 unspecified atom stereocenters. The van der Waals surface area contributed by atoms with Gasteiger partial charge < -0.3 is 10.0 Å². The molecule has 2 N–H and O–H groups in total. The van der Waals surface area contributed by atoms with Crippen LogP contribution >= 0.6 is 11.3 Å². The van der Waals surface area contributed by atoms with E-state index >= 15 is 0 Å². The smallest absolute Gasteiger partial charge is 0.259 e. The molecule has 0 saturated heterocycles. The van der Waals surface area contributed by atoms with E-state index in [2.05, 4.69) is 25.4 Å². The summed E-state index contributed by atoms with van der Waals surface area (Å²) in [5.74, 6) is 0.541. The van der Waals surface area contributed by atoms with Crippen molar-refractivity contribution in [2.75, 3.05) is 23.4 Å². The van der Waals surface area contributed by atoms with E-state index in [-0.39, 0.29) is 12.5 Å². The standard InChI is InChI=1S/C14H17N5O2S/c20-7-6-19(11-2-1-3-11)12-5-4-10(8-15-12)13(21)17-14-18-16-9-22-14/h4-5,8-9,11,20H,1-3,6-7H2,(H,17,18,21). The van der Waals surface area contributed by atoms with Gasteiger partial charge in [0.2, 0.25) is 5.13 Å². The quantitative estimate of drug-likeness (QED) is 0.839. The van der Waals surface area contributed by atoms with Crippen LogP contribution in [-0.4, -0.2) is 45.4 Å². The minimum Gasteiger partial charge on any atom is -0.395 e. The number of carbonyl (C=O) groups is 1. The number of nitrogens with one attached hydrogen (secondary N) is 1. The van der Waals surface area contributed by atoms with Crippen LogP contribution in [0.2, 0.25) is 0 Å². The maximum Gasteiger partial charge on any atom is 0.259 e. The number of hydrogen-bond donors (Lipinski definition) is 2. The molecule has 1 aliphatic carbocycles. The second-order valence-electron chi connectivity index (χ2n) is 5.10. The number of aliphatic hydroxyl groups is 1. The number of anilines is 2. The van der Waals surface area contributed by atoms with Gasteiger partial charge in [0, 0.05) is 18.8 Å². The van der Waals surface area contributed by atoms with Crippen LogP contribution in [0.3, 0.4) is 0 Å². The van der Waals surface area contributed by atoms with E-state index in [0.717, 1.165) is 18.7 Å². The minimum atomic E-state index is -0.256. The molecule has 2 heterocycles. The van der Waals surface area contributed by atoms with Gasteiger partial charge in [0.1, 0.15) is 11.3 Å². The molecular formula is C14H17N5O2S. The van der Waals surface area contributed by atoms with Crippen molar-refractivity contribution in [2.45, 2.75) is 25.3 Å². The average molecular weight is 319 g/mol. The fraction of sp³-hybridized carbons (Fsp3) is 0.429. The molecular weight excluding hydrogens is 302 g/mol. The number of amides is 1. The summed E-state index contributed by atoms with van der Waals surface area (Å²) in [6.07, 6.45) is 5.02. The predicted molar refractivity (Wildman–Crippen MR) is 84.2 cm³/mol. The SMILES string of the molecule is O=C(Nc1nncs1)c1ccc(N(CCO)C2CCC2)nc1. The van der Waals surface area contributed by atoms with E-state index in [9.17, 15) is 9.90 Å². The Bertz CT molecular complexity index is 613. The molecule has 22 heavy (non-hydrogen) atoms. The van der Waals surface area contributed by atoms with Crippen LogP contribution < -0.4 is 10.2 Å². The summed E-state index contributed by atoms with van der Waals surface area (Å²) in [6, 6.07) is 4.01. The first-order valence-corrected chi connectivity index (χ1v) is 8.07. The van der Waals surface area contributed by atoms with E-state index in [1.807, 2.05) is 6.07 Å². The summed E-state index contributed by atoms with van der Waals surface area (Å²) in [4.78, 5) is 18.5. The van der Waals surface area contributed by atoms with Gasteiger partial charge in [-0.15, -0.1) is 10.2 Å². The van der Waals surface area contributed by atoms with Gasteiger partial charge in [0.15, 0.2) is 0 Å². The lowest BCUT2D eigenvalue weighted by molar-refractivity contribution is 0.102. The van der Waals surface area contributed by atoms with Gasteiger partial charge >= 0.3 is 0 Å². The summed E-state index contributed by atoms with van der Waals surface area (Å²) in [7, 11) is 0. The molecule has 0 radical (unpaired) electrons. The molecule has 0 atom stereocenters. The first-order valence-electron chi connectivity index (χ1n) is 7.19. The molecule has 1 saturated carbocycles. The Morgan fingerprint density at radius 3 is 2.86 bits per heavy atom. The Kier molecular flexibility index (Phi) is 4.59. The minimum absolute atomic E-state index is 0.0947. The van der Waals surface area contributed by atoms with Crippen molar-refractivity contribution in [3.8, 4) is 0 Å². The highest BCUT2D eigenvalue weighted by atomic mass is 32.1. The second-order valence-corrected chi connectivity index (χ2v) is 5.94.